The number of nitro groups is 1. The summed E-state index contributed by atoms with van der Waals surface area (Å²) in [6.45, 7) is 0.559. The topological polar surface area (TPSA) is 61.0 Å². The van der Waals surface area contributed by atoms with E-state index >= 15 is 0 Å². The molecule has 0 fully saturated rings. The molecule has 0 atom stereocenters. The number of hydrogen-bond donors (Lipinski definition) is 0. The molecule has 134 valence electrons. The van der Waals surface area contributed by atoms with Crippen molar-refractivity contribution in [3.63, 3.8) is 0 Å². The van der Waals surface area contributed by atoms with Crippen LogP contribution >= 0.6 is 23.2 Å². The summed E-state index contributed by atoms with van der Waals surface area (Å²) in [5.74, 6) is 0.720. The summed E-state index contributed by atoms with van der Waals surface area (Å²) in [6.07, 6.45) is 0. The number of fused-ring (bicyclic) bond motifs is 1. The van der Waals surface area contributed by atoms with Gasteiger partial charge in [0.05, 0.1) is 16.0 Å². The molecule has 5 nitrogen and oxygen atoms in total. The average Bonchev–Trinajstić information content (AvgIpc) is 3.02. The number of nitrogens with zero attached hydrogens (tertiary/aromatic N) is 3. The lowest BCUT2D eigenvalue weighted by Gasteiger charge is -2.10. The van der Waals surface area contributed by atoms with E-state index in [1.807, 2.05) is 41.0 Å². The summed E-state index contributed by atoms with van der Waals surface area (Å²) in [7, 11) is 0. The molecule has 0 N–H and O–H groups in total. The fraction of sp³-hybridized carbons (Fsp3) is 0.0500. The number of hydrogen-bond acceptors (Lipinski definition) is 3. The van der Waals surface area contributed by atoms with Crippen molar-refractivity contribution in [2.75, 3.05) is 0 Å². The van der Waals surface area contributed by atoms with Gasteiger partial charge in [-0.2, -0.15) is 0 Å². The SMILES string of the molecule is O=[N+]([O-])c1ccc2c(c1)nc(-c1ccc(Cl)cc1)n2Cc1ccc(Cl)cc1. The van der Waals surface area contributed by atoms with E-state index in [2.05, 4.69) is 4.98 Å². The Labute approximate surface area is 164 Å². The summed E-state index contributed by atoms with van der Waals surface area (Å²) >= 11 is 12.0. The molecule has 0 unspecified atom stereocenters. The molecule has 4 rings (SSSR count). The van der Waals surface area contributed by atoms with Gasteiger partial charge in [-0.15, -0.1) is 0 Å². The van der Waals surface area contributed by atoms with Gasteiger partial charge < -0.3 is 4.57 Å². The van der Waals surface area contributed by atoms with Crippen molar-refractivity contribution in [1.82, 2.24) is 9.55 Å². The van der Waals surface area contributed by atoms with Gasteiger partial charge in [-0.05, 0) is 48.0 Å². The van der Waals surface area contributed by atoms with E-state index in [1.165, 1.54) is 12.1 Å². The maximum atomic E-state index is 11.1. The minimum Gasteiger partial charge on any atom is -0.319 e. The highest BCUT2D eigenvalue weighted by atomic mass is 35.5. The van der Waals surface area contributed by atoms with Crippen LogP contribution in [-0.4, -0.2) is 14.5 Å². The van der Waals surface area contributed by atoms with Crippen LogP contribution in [-0.2, 0) is 6.54 Å². The molecule has 0 aliphatic carbocycles. The third kappa shape index (κ3) is 3.52. The van der Waals surface area contributed by atoms with Gasteiger partial charge in [0.25, 0.3) is 5.69 Å². The molecule has 0 bridgehead atoms. The maximum Gasteiger partial charge on any atom is 0.271 e. The van der Waals surface area contributed by atoms with E-state index in [-0.39, 0.29) is 5.69 Å². The largest absolute Gasteiger partial charge is 0.319 e. The quantitative estimate of drug-likeness (QED) is 0.314. The van der Waals surface area contributed by atoms with Crippen LogP contribution in [0.2, 0.25) is 10.0 Å². The molecule has 27 heavy (non-hydrogen) atoms. The highest BCUT2D eigenvalue weighted by Crippen LogP contribution is 2.29. The fourth-order valence-electron chi connectivity index (χ4n) is 2.98. The molecule has 0 radical (unpaired) electrons. The molecule has 0 spiro atoms. The van der Waals surface area contributed by atoms with Gasteiger partial charge in [-0.25, -0.2) is 4.98 Å². The standard InChI is InChI=1S/C20H13Cl2N3O2/c21-15-5-1-13(2-6-15)12-24-19-10-9-17(25(26)27)11-18(19)23-20(24)14-3-7-16(22)8-4-14/h1-11H,12H2. The first-order chi connectivity index (χ1) is 13.0. The van der Waals surface area contributed by atoms with Crippen molar-refractivity contribution < 1.29 is 4.92 Å². The number of nitro benzene ring substituents is 1. The molecule has 1 heterocycles. The van der Waals surface area contributed by atoms with Crippen molar-refractivity contribution in [3.05, 3.63) is 92.5 Å². The molecule has 0 amide bonds. The molecule has 4 aromatic rings. The van der Waals surface area contributed by atoms with E-state index in [1.54, 1.807) is 18.2 Å². The van der Waals surface area contributed by atoms with Crippen LogP contribution in [0.15, 0.2) is 66.7 Å². The van der Waals surface area contributed by atoms with Crippen LogP contribution in [0.25, 0.3) is 22.4 Å². The van der Waals surface area contributed by atoms with Gasteiger partial charge >= 0.3 is 0 Å². The summed E-state index contributed by atoms with van der Waals surface area (Å²) < 4.78 is 2.03. The van der Waals surface area contributed by atoms with E-state index in [0.29, 0.717) is 22.1 Å². The van der Waals surface area contributed by atoms with Crippen LogP contribution in [0.5, 0.6) is 0 Å². The monoisotopic (exact) mass is 397 g/mol. The second kappa shape index (κ2) is 7.02. The van der Waals surface area contributed by atoms with Gasteiger partial charge in [0.15, 0.2) is 0 Å². The molecular weight excluding hydrogens is 385 g/mol. The highest BCUT2D eigenvalue weighted by molar-refractivity contribution is 6.30. The minimum atomic E-state index is -0.417. The van der Waals surface area contributed by atoms with Crippen LogP contribution in [0.1, 0.15) is 5.56 Å². The Hall–Kier alpha value is -2.89. The number of benzene rings is 3. The molecular formula is C20H13Cl2N3O2. The van der Waals surface area contributed by atoms with Crippen LogP contribution < -0.4 is 0 Å². The minimum absolute atomic E-state index is 0.0151. The Balaban J connectivity index is 1.89. The van der Waals surface area contributed by atoms with Crippen molar-refractivity contribution in [3.8, 4) is 11.4 Å². The van der Waals surface area contributed by atoms with Gasteiger partial charge in [0.2, 0.25) is 0 Å². The van der Waals surface area contributed by atoms with Crippen molar-refractivity contribution in [2.24, 2.45) is 0 Å². The lowest BCUT2D eigenvalue weighted by molar-refractivity contribution is -0.384. The lowest BCUT2D eigenvalue weighted by atomic mass is 10.2. The smallest absolute Gasteiger partial charge is 0.271 e. The molecule has 0 saturated heterocycles. The Morgan fingerprint density at radius 1 is 0.926 bits per heavy atom. The third-order valence-corrected chi connectivity index (χ3v) is 4.80. The van der Waals surface area contributed by atoms with Crippen LogP contribution in [0.3, 0.4) is 0 Å². The number of halogens is 2. The molecule has 0 aliphatic rings. The zero-order valence-corrected chi connectivity index (χ0v) is 15.5. The molecule has 7 heteroatoms. The summed E-state index contributed by atoms with van der Waals surface area (Å²) in [4.78, 5) is 15.4. The Morgan fingerprint density at radius 2 is 1.56 bits per heavy atom. The first kappa shape index (κ1) is 17.5. The number of imidazole rings is 1. The fourth-order valence-corrected chi connectivity index (χ4v) is 3.24. The number of aromatic nitrogens is 2. The van der Waals surface area contributed by atoms with E-state index in [4.69, 9.17) is 23.2 Å². The van der Waals surface area contributed by atoms with Crippen molar-refractivity contribution >= 4 is 39.9 Å². The second-order valence-corrected chi connectivity index (χ2v) is 6.96. The average molecular weight is 398 g/mol. The van der Waals surface area contributed by atoms with Gasteiger partial charge in [0, 0.05) is 34.3 Å². The highest BCUT2D eigenvalue weighted by Gasteiger charge is 2.16. The van der Waals surface area contributed by atoms with Crippen LogP contribution in [0.4, 0.5) is 5.69 Å². The first-order valence-corrected chi connectivity index (χ1v) is 8.92. The van der Waals surface area contributed by atoms with Crippen LogP contribution in [0, 0.1) is 10.1 Å². The summed E-state index contributed by atoms with van der Waals surface area (Å²) in [5, 5.41) is 12.4. The van der Waals surface area contributed by atoms with Crippen molar-refractivity contribution in [2.45, 2.75) is 6.54 Å². The predicted molar refractivity (Wildman–Crippen MR) is 107 cm³/mol. The van der Waals surface area contributed by atoms with E-state index in [9.17, 15) is 10.1 Å². The van der Waals surface area contributed by atoms with Crippen molar-refractivity contribution in [1.29, 1.82) is 0 Å². The summed E-state index contributed by atoms with van der Waals surface area (Å²) in [6, 6.07) is 19.7. The second-order valence-electron chi connectivity index (χ2n) is 6.09. The Kier molecular flexibility index (Phi) is 4.56. The van der Waals surface area contributed by atoms with E-state index in [0.717, 1.165) is 22.5 Å². The maximum absolute atomic E-state index is 11.1. The Morgan fingerprint density at radius 3 is 2.19 bits per heavy atom. The van der Waals surface area contributed by atoms with Gasteiger partial charge in [-0.1, -0.05) is 35.3 Å². The number of rotatable bonds is 4. The molecule has 0 aliphatic heterocycles. The third-order valence-electron chi connectivity index (χ3n) is 4.30. The molecule has 3 aromatic carbocycles. The zero-order valence-electron chi connectivity index (χ0n) is 14.0. The zero-order chi connectivity index (χ0) is 19.0. The number of non-ortho nitro benzene ring substituents is 1. The lowest BCUT2D eigenvalue weighted by Crippen LogP contribution is -2.02. The van der Waals surface area contributed by atoms with Gasteiger partial charge in [-0.3, -0.25) is 10.1 Å². The Bertz CT molecular complexity index is 1140. The van der Waals surface area contributed by atoms with E-state index < -0.39 is 4.92 Å². The first-order valence-electron chi connectivity index (χ1n) is 8.16. The molecule has 1 aromatic heterocycles. The summed E-state index contributed by atoms with van der Waals surface area (Å²) in [5.41, 5.74) is 3.34. The predicted octanol–water partition coefficient (Wildman–Crippen LogP) is 5.97. The normalized spacial score (nSPS) is 11.0. The van der Waals surface area contributed by atoms with Gasteiger partial charge in [0.1, 0.15) is 5.82 Å². The molecule has 0 saturated carbocycles.